The van der Waals surface area contributed by atoms with Gasteiger partial charge in [0.05, 0.1) is 12.2 Å². The van der Waals surface area contributed by atoms with Gasteiger partial charge in [-0.25, -0.2) is 4.79 Å². The molecule has 0 aromatic heterocycles. The Kier molecular flexibility index (Phi) is 5.32. The van der Waals surface area contributed by atoms with E-state index in [9.17, 15) is 36.2 Å². The van der Waals surface area contributed by atoms with Gasteiger partial charge in [-0.2, -0.15) is 26.3 Å². The van der Waals surface area contributed by atoms with Gasteiger partial charge in [0.25, 0.3) is 0 Å². The maximum absolute atomic E-state index is 12.8. The number of carbonyl (C=O) groups is 1. The van der Waals surface area contributed by atoms with E-state index in [1.807, 2.05) is 5.92 Å². The predicted octanol–water partition coefficient (Wildman–Crippen LogP) is 2.91. The lowest BCUT2D eigenvalue weighted by Crippen LogP contribution is -2.52. The number of alkyl halides is 6. The zero-order valence-electron chi connectivity index (χ0n) is 11.5. The first kappa shape index (κ1) is 18.8. The first-order chi connectivity index (χ1) is 10.4. The third-order valence-electron chi connectivity index (χ3n) is 2.58. The molecule has 126 valence electrons. The molecule has 1 rings (SSSR count). The molecule has 3 nitrogen and oxygen atoms in total. The molecule has 0 aliphatic rings. The van der Waals surface area contributed by atoms with Gasteiger partial charge in [-0.1, -0.05) is 5.92 Å². The van der Waals surface area contributed by atoms with Crippen LogP contribution in [0, 0.1) is 11.8 Å². The number of hydrogen-bond acceptors (Lipinski definition) is 3. The maximum atomic E-state index is 12.8. The highest BCUT2D eigenvalue weighted by Gasteiger charge is 2.60. The fraction of sp³-hybridized carbons (Fsp3) is 0.357. The number of aliphatic hydroxyl groups is 1. The van der Waals surface area contributed by atoms with Gasteiger partial charge in [0.1, 0.15) is 0 Å². The highest BCUT2D eigenvalue weighted by atomic mass is 19.4. The Bertz CT molecular complexity index is 621. The van der Waals surface area contributed by atoms with Crippen LogP contribution in [0.4, 0.5) is 26.3 Å². The first-order valence-electron chi connectivity index (χ1n) is 6.08. The summed E-state index contributed by atoms with van der Waals surface area (Å²) in [6, 6.07) is 2.86. The molecule has 0 unspecified atom stereocenters. The summed E-state index contributed by atoms with van der Waals surface area (Å²) in [5.74, 6) is 1.13. The molecule has 0 fully saturated rings. The Balaban J connectivity index is 3.17. The number of hydrogen-bond donors (Lipinski definition) is 1. The largest absolute Gasteiger partial charge is 0.463 e. The zero-order valence-corrected chi connectivity index (χ0v) is 11.5. The SMILES string of the molecule is CCOC(=O)[C@](O)(C#Cc1ccc(C(F)(F)F)cc1)C(F)(F)F. The van der Waals surface area contributed by atoms with Crippen LogP contribution < -0.4 is 0 Å². The number of benzene rings is 1. The standard InChI is InChI=1S/C14H10F6O3/c1-2-23-11(21)12(22,14(18,19)20)8-7-9-3-5-10(6-4-9)13(15,16)17/h3-6,22H,2H2,1H3/t12-/m1/s1. The van der Waals surface area contributed by atoms with Crippen LogP contribution in [0.5, 0.6) is 0 Å². The van der Waals surface area contributed by atoms with Gasteiger partial charge in [0.2, 0.25) is 0 Å². The van der Waals surface area contributed by atoms with Gasteiger partial charge in [-0.15, -0.1) is 0 Å². The summed E-state index contributed by atoms with van der Waals surface area (Å²) in [7, 11) is 0. The topological polar surface area (TPSA) is 46.5 Å². The Morgan fingerprint density at radius 3 is 2.04 bits per heavy atom. The van der Waals surface area contributed by atoms with E-state index in [1.165, 1.54) is 12.8 Å². The highest BCUT2D eigenvalue weighted by molar-refractivity contribution is 5.84. The maximum Gasteiger partial charge on any atom is 0.440 e. The van der Waals surface area contributed by atoms with Crippen LogP contribution in [0.15, 0.2) is 24.3 Å². The molecule has 0 aliphatic heterocycles. The van der Waals surface area contributed by atoms with E-state index in [4.69, 9.17) is 0 Å². The summed E-state index contributed by atoms with van der Waals surface area (Å²) in [5.41, 5.74) is -5.32. The summed E-state index contributed by atoms with van der Waals surface area (Å²) in [6.45, 7) is 0.817. The molecule has 0 radical (unpaired) electrons. The van der Waals surface area contributed by atoms with Crippen LogP contribution >= 0.6 is 0 Å². The summed E-state index contributed by atoms with van der Waals surface area (Å²) in [4.78, 5) is 11.3. The smallest absolute Gasteiger partial charge is 0.440 e. The van der Waals surface area contributed by atoms with Crippen molar-refractivity contribution < 1.29 is 41.0 Å². The van der Waals surface area contributed by atoms with Gasteiger partial charge in [-0.3, -0.25) is 0 Å². The Morgan fingerprint density at radius 1 is 1.13 bits per heavy atom. The second-order valence-electron chi connectivity index (χ2n) is 4.25. The monoisotopic (exact) mass is 340 g/mol. The fourth-order valence-electron chi connectivity index (χ4n) is 1.38. The number of ether oxygens (including phenoxy) is 1. The lowest BCUT2D eigenvalue weighted by Gasteiger charge is -2.22. The van der Waals surface area contributed by atoms with Crippen LogP contribution in [0.2, 0.25) is 0 Å². The molecular formula is C14H10F6O3. The van der Waals surface area contributed by atoms with Gasteiger partial charge in [-0.05, 0) is 37.1 Å². The quantitative estimate of drug-likeness (QED) is 0.512. The zero-order chi connectivity index (χ0) is 17.9. The normalized spacial score (nSPS) is 14.4. The van der Waals surface area contributed by atoms with Crippen LogP contribution in [0.3, 0.4) is 0 Å². The van der Waals surface area contributed by atoms with Crippen molar-refractivity contribution in [3.63, 3.8) is 0 Å². The van der Waals surface area contributed by atoms with Crippen LogP contribution in [-0.4, -0.2) is 29.5 Å². The molecule has 1 aromatic carbocycles. The molecule has 0 saturated carbocycles. The molecule has 0 heterocycles. The molecule has 23 heavy (non-hydrogen) atoms. The molecule has 0 spiro atoms. The molecule has 9 heteroatoms. The van der Waals surface area contributed by atoms with Crippen molar-refractivity contribution in [1.82, 2.24) is 0 Å². The van der Waals surface area contributed by atoms with Gasteiger partial charge in [0, 0.05) is 5.56 Å². The number of halogens is 6. The summed E-state index contributed by atoms with van der Waals surface area (Å²) < 4.78 is 79.6. The lowest BCUT2D eigenvalue weighted by atomic mass is 10.0. The molecule has 0 bridgehead atoms. The van der Waals surface area contributed by atoms with E-state index in [0.29, 0.717) is 12.1 Å². The molecule has 1 atom stereocenters. The second-order valence-corrected chi connectivity index (χ2v) is 4.25. The van der Waals surface area contributed by atoms with Crippen molar-refractivity contribution in [2.75, 3.05) is 6.61 Å². The minimum absolute atomic E-state index is 0.245. The van der Waals surface area contributed by atoms with Crippen molar-refractivity contribution in [3.8, 4) is 11.8 Å². The molecule has 0 amide bonds. The minimum atomic E-state index is -5.43. The molecule has 0 aliphatic carbocycles. The van der Waals surface area contributed by atoms with E-state index in [0.717, 1.165) is 12.1 Å². The molecule has 0 saturated heterocycles. The van der Waals surface area contributed by atoms with Crippen molar-refractivity contribution in [2.24, 2.45) is 0 Å². The first-order valence-corrected chi connectivity index (χ1v) is 6.08. The third-order valence-corrected chi connectivity index (χ3v) is 2.58. The van der Waals surface area contributed by atoms with E-state index in [1.54, 1.807) is 0 Å². The van der Waals surface area contributed by atoms with Crippen LogP contribution in [0.1, 0.15) is 18.1 Å². The second kappa shape index (κ2) is 6.50. The average molecular weight is 340 g/mol. The molecule has 1 N–H and O–H groups in total. The average Bonchev–Trinajstić information content (AvgIpc) is 2.43. The number of esters is 1. The van der Waals surface area contributed by atoms with Crippen molar-refractivity contribution >= 4 is 5.97 Å². The van der Waals surface area contributed by atoms with Crippen molar-refractivity contribution in [1.29, 1.82) is 0 Å². The van der Waals surface area contributed by atoms with Crippen LogP contribution in [0.25, 0.3) is 0 Å². The van der Waals surface area contributed by atoms with E-state index in [-0.39, 0.29) is 5.56 Å². The number of rotatable bonds is 2. The highest BCUT2D eigenvalue weighted by Crippen LogP contribution is 2.32. The summed E-state index contributed by atoms with van der Waals surface area (Å²) >= 11 is 0. The minimum Gasteiger partial charge on any atom is -0.463 e. The lowest BCUT2D eigenvalue weighted by molar-refractivity contribution is -0.242. The predicted molar refractivity (Wildman–Crippen MR) is 66.0 cm³/mol. The van der Waals surface area contributed by atoms with Crippen molar-refractivity contribution in [3.05, 3.63) is 35.4 Å². The summed E-state index contributed by atoms with van der Waals surface area (Å²) in [5, 5.41) is 9.44. The van der Waals surface area contributed by atoms with Crippen LogP contribution in [-0.2, 0) is 15.7 Å². The van der Waals surface area contributed by atoms with Crippen molar-refractivity contribution in [2.45, 2.75) is 24.9 Å². The molecule has 1 aromatic rings. The van der Waals surface area contributed by atoms with E-state index in [2.05, 4.69) is 4.74 Å². The number of carbonyl (C=O) groups excluding carboxylic acids is 1. The Hall–Kier alpha value is -2.21. The van der Waals surface area contributed by atoms with Gasteiger partial charge >= 0.3 is 23.9 Å². The third kappa shape index (κ3) is 4.39. The van der Waals surface area contributed by atoms with E-state index >= 15 is 0 Å². The Morgan fingerprint density at radius 2 is 1.65 bits per heavy atom. The Labute approximate surface area is 126 Å². The van der Waals surface area contributed by atoms with Gasteiger partial charge < -0.3 is 9.84 Å². The van der Waals surface area contributed by atoms with Gasteiger partial charge in [0.15, 0.2) is 0 Å². The van der Waals surface area contributed by atoms with E-state index < -0.39 is 36.1 Å². The summed E-state index contributed by atoms with van der Waals surface area (Å²) in [6.07, 6.45) is -10.0. The molecular weight excluding hydrogens is 330 g/mol. The fourth-order valence-corrected chi connectivity index (χ4v) is 1.38.